The molecule has 0 N–H and O–H groups in total. The van der Waals surface area contributed by atoms with E-state index in [1.54, 1.807) is 24.3 Å². The Kier molecular flexibility index (Phi) is 14.4. The van der Waals surface area contributed by atoms with E-state index < -0.39 is 9.84 Å². The first-order valence-corrected chi connectivity index (χ1v) is 14.1. The molecule has 33 heavy (non-hydrogen) atoms. The van der Waals surface area contributed by atoms with E-state index in [2.05, 4.69) is 0 Å². The van der Waals surface area contributed by atoms with Crippen LogP contribution in [0.5, 0.6) is 0 Å². The number of benzene rings is 2. The van der Waals surface area contributed by atoms with Gasteiger partial charge in [0.2, 0.25) is 0 Å². The van der Waals surface area contributed by atoms with Crippen LogP contribution >= 0.6 is 24.1 Å². The third-order valence-electron chi connectivity index (χ3n) is 4.07. The highest BCUT2D eigenvalue weighted by Crippen LogP contribution is 2.11. The zero-order valence-electron chi connectivity index (χ0n) is 18.5. The first kappa shape index (κ1) is 27.2. The Hall–Kier alpha value is -2.03. The summed E-state index contributed by atoms with van der Waals surface area (Å²) in [5.74, 6) is 1.62. The Labute approximate surface area is 206 Å². The van der Waals surface area contributed by atoms with Crippen LogP contribution in [0.15, 0.2) is 108 Å². The van der Waals surface area contributed by atoms with Crippen molar-refractivity contribution in [1.29, 1.82) is 0 Å². The molecule has 2 aromatic rings. The Balaban J connectivity index is 1.50. The number of sulfone groups is 1. The summed E-state index contributed by atoms with van der Waals surface area (Å²) in [7, 11) is -3.37. The normalized spacial score (nSPS) is 12.6. The monoisotopic (exact) mass is 502 g/mol. The van der Waals surface area contributed by atoms with Crippen molar-refractivity contribution in [3.63, 3.8) is 0 Å². The molecule has 7 heteroatoms. The van der Waals surface area contributed by atoms with E-state index in [1.165, 1.54) is 34.9 Å². The largest absolute Gasteiger partial charge is 0.311 e. The molecule has 0 fully saturated rings. The van der Waals surface area contributed by atoms with Crippen molar-refractivity contribution in [2.45, 2.75) is 26.1 Å². The number of allylic oxidation sites excluding steroid dienone is 6. The van der Waals surface area contributed by atoms with Gasteiger partial charge in [0.15, 0.2) is 9.84 Å². The van der Waals surface area contributed by atoms with Gasteiger partial charge in [-0.05, 0) is 48.1 Å². The van der Waals surface area contributed by atoms with E-state index in [4.69, 9.17) is 8.37 Å². The third kappa shape index (κ3) is 14.7. The number of hydrogen-bond acceptors (Lipinski definition) is 6. The first-order valence-electron chi connectivity index (χ1n) is 10.6. The average Bonchev–Trinajstić information content (AvgIpc) is 2.83. The van der Waals surface area contributed by atoms with Crippen molar-refractivity contribution in [2.24, 2.45) is 0 Å². The van der Waals surface area contributed by atoms with Gasteiger partial charge in [0.1, 0.15) is 0 Å². The fraction of sp³-hybridized carbons (Fsp3) is 0.231. The number of rotatable bonds is 16. The summed E-state index contributed by atoms with van der Waals surface area (Å²) in [6.07, 6.45) is 12.0. The Morgan fingerprint density at radius 3 is 1.48 bits per heavy atom. The Morgan fingerprint density at radius 1 is 0.636 bits per heavy atom. The van der Waals surface area contributed by atoms with Crippen molar-refractivity contribution >= 4 is 33.9 Å². The molecule has 0 aliphatic carbocycles. The summed E-state index contributed by atoms with van der Waals surface area (Å²) in [6.45, 7) is 1.16. The second-order valence-electron chi connectivity index (χ2n) is 6.82. The third-order valence-corrected chi connectivity index (χ3v) is 6.52. The Bertz CT molecular complexity index is 907. The van der Waals surface area contributed by atoms with E-state index in [0.29, 0.717) is 13.2 Å². The van der Waals surface area contributed by atoms with Gasteiger partial charge in [0.05, 0.1) is 13.2 Å². The maximum absolute atomic E-state index is 12.0. The lowest BCUT2D eigenvalue weighted by Crippen LogP contribution is -1.87. The van der Waals surface area contributed by atoms with Crippen LogP contribution in [0.25, 0.3) is 0 Å². The second-order valence-corrected chi connectivity index (χ2v) is 10.3. The fourth-order valence-corrected chi connectivity index (χ4v) is 4.27. The zero-order chi connectivity index (χ0) is 23.5. The molecule has 0 aromatic heterocycles. The van der Waals surface area contributed by atoms with Gasteiger partial charge in [-0.15, -0.1) is 0 Å². The minimum absolute atomic E-state index is 0.578. The highest BCUT2D eigenvalue weighted by molar-refractivity contribution is 7.97. The Morgan fingerprint density at radius 2 is 1.06 bits per heavy atom. The fourth-order valence-electron chi connectivity index (χ4n) is 2.42. The van der Waals surface area contributed by atoms with Gasteiger partial charge >= 0.3 is 0 Å². The van der Waals surface area contributed by atoms with Gasteiger partial charge < -0.3 is 8.37 Å². The lowest BCUT2D eigenvalue weighted by molar-refractivity contribution is 0.364. The maximum atomic E-state index is 12.0. The summed E-state index contributed by atoms with van der Waals surface area (Å²) in [5, 5.41) is 2.39. The highest BCUT2D eigenvalue weighted by Gasteiger charge is 1.96. The molecule has 0 saturated heterocycles. The molecule has 0 spiro atoms. The molecule has 0 atom stereocenters. The molecule has 0 bridgehead atoms. The summed E-state index contributed by atoms with van der Waals surface area (Å²) < 4.78 is 35.0. The van der Waals surface area contributed by atoms with Crippen molar-refractivity contribution in [3.05, 3.63) is 119 Å². The molecular weight excluding hydrogens is 472 g/mol. The molecule has 0 aliphatic heterocycles. The van der Waals surface area contributed by atoms with Crippen LogP contribution in [-0.2, 0) is 31.4 Å². The van der Waals surface area contributed by atoms with Crippen molar-refractivity contribution in [2.75, 3.05) is 11.5 Å². The van der Waals surface area contributed by atoms with Gasteiger partial charge in [0.25, 0.3) is 0 Å². The minimum atomic E-state index is -3.37. The lowest BCUT2D eigenvalue weighted by atomic mass is 10.2. The quantitative estimate of drug-likeness (QED) is 0.139. The molecule has 2 rings (SSSR count). The van der Waals surface area contributed by atoms with Crippen molar-refractivity contribution in [3.8, 4) is 0 Å². The summed E-state index contributed by atoms with van der Waals surface area (Å²) in [6, 6.07) is 20.0. The van der Waals surface area contributed by atoms with Gasteiger partial charge in [-0.1, -0.05) is 97.1 Å². The molecule has 4 nitrogen and oxygen atoms in total. The predicted molar refractivity (Wildman–Crippen MR) is 142 cm³/mol. The molecule has 176 valence electrons. The van der Waals surface area contributed by atoms with Crippen LogP contribution in [0.3, 0.4) is 0 Å². The summed E-state index contributed by atoms with van der Waals surface area (Å²) in [5.41, 5.74) is 2.28. The molecule has 0 unspecified atom stereocenters. The van der Waals surface area contributed by atoms with E-state index >= 15 is 0 Å². The lowest BCUT2D eigenvalue weighted by Gasteiger charge is -2.01. The molecule has 0 saturated carbocycles. The molecule has 0 radical (unpaired) electrons. The summed E-state index contributed by atoms with van der Waals surface area (Å²) >= 11 is 2.82. The molecule has 0 amide bonds. The van der Waals surface area contributed by atoms with Crippen LogP contribution in [0, 0.1) is 0 Å². The van der Waals surface area contributed by atoms with Crippen LogP contribution < -0.4 is 0 Å². The van der Waals surface area contributed by atoms with Gasteiger partial charge in [-0.3, -0.25) is 0 Å². The topological polar surface area (TPSA) is 52.6 Å². The van der Waals surface area contributed by atoms with E-state index in [-0.39, 0.29) is 0 Å². The zero-order valence-corrected chi connectivity index (χ0v) is 20.9. The minimum Gasteiger partial charge on any atom is -0.311 e. The maximum Gasteiger partial charge on any atom is 0.193 e. The first-order chi connectivity index (χ1) is 16.2. The second kappa shape index (κ2) is 17.4. The van der Waals surface area contributed by atoms with Gasteiger partial charge in [-0.2, -0.15) is 0 Å². The van der Waals surface area contributed by atoms with E-state index in [9.17, 15) is 8.42 Å². The highest BCUT2D eigenvalue weighted by atomic mass is 32.2. The van der Waals surface area contributed by atoms with Gasteiger partial charge in [-0.25, -0.2) is 8.42 Å². The molecule has 0 heterocycles. The van der Waals surface area contributed by atoms with Crippen molar-refractivity contribution in [1.82, 2.24) is 0 Å². The van der Waals surface area contributed by atoms with Crippen LogP contribution in [0.2, 0.25) is 0 Å². The predicted octanol–water partition coefficient (Wildman–Crippen LogP) is 7.05. The van der Waals surface area contributed by atoms with Crippen molar-refractivity contribution < 1.29 is 16.8 Å². The van der Waals surface area contributed by atoms with E-state index in [0.717, 1.165) is 35.5 Å². The smallest absolute Gasteiger partial charge is 0.193 e. The molecular formula is C26H30O4S3. The SMILES string of the molecule is O=S(=O)(C=CC=CCCSOCc1ccccc1)C=CC=CCCSOCc1ccccc1. The molecule has 0 aliphatic rings. The van der Waals surface area contributed by atoms with Gasteiger partial charge in [0, 0.05) is 22.3 Å². The average molecular weight is 503 g/mol. The van der Waals surface area contributed by atoms with E-state index in [1.807, 2.05) is 72.8 Å². The standard InChI is InChI=1S/C26H30O4S3/c27-33(28,21-13-3-1-11-19-31-29-23-25-15-7-5-8-16-25)22-14-4-2-12-20-32-30-24-26-17-9-6-10-18-26/h1-10,13-18,21-22H,11-12,19-20,23-24H2. The summed E-state index contributed by atoms with van der Waals surface area (Å²) in [4.78, 5) is 0. The number of hydrogen-bond donors (Lipinski definition) is 0. The van der Waals surface area contributed by atoms with Crippen LogP contribution in [0.1, 0.15) is 24.0 Å². The van der Waals surface area contributed by atoms with Crippen LogP contribution in [-0.4, -0.2) is 19.9 Å². The van der Waals surface area contributed by atoms with Crippen LogP contribution in [0.4, 0.5) is 0 Å². The molecule has 2 aromatic carbocycles.